The highest BCUT2D eigenvalue weighted by molar-refractivity contribution is 9.10. The van der Waals surface area contributed by atoms with Crippen molar-refractivity contribution in [3.8, 4) is 0 Å². The SMILES string of the molecule is CCC(C)NC(=O)C(Cc1ccccc1)N(Cc1ccccc1Cl)C(=O)CN(c1ccc(Br)cc1)S(=O)(=O)c1ccc(C)cc1. The number of anilines is 1. The third-order valence-corrected chi connectivity index (χ3v) is 10.3. The first-order chi connectivity index (χ1) is 21.5. The summed E-state index contributed by atoms with van der Waals surface area (Å²) in [6.45, 7) is 5.21. The zero-order valence-corrected chi connectivity index (χ0v) is 28.6. The molecule has 45 heavy (non-hydrogen) atoms. The van der Waals surface area contributed by atoms with Gasteiger partial charge in [0.05, 0.1) is 10.6 Å². The van der Waals surface area contributed by atoms with Crippen molar-refractivity contribution in [3.63, 3.8) is 0 Å². The van der Waals surface area contributed by atoms with Gasteiger partial charge in [0.2, 0.25) is 11.8 Å². The molecule has 4 aromatic rings. The van der Waals surface area contributed by atoms with Gasteiger partial charge in [-0.2, -0.15) is 0 Å². The van der Waals surface area contributed by atoms with Gasteiger partial charge < -0.3 is 10.2 Å². The number of hydrogen-bond donors (Lipinski definition) is 1. The van der Waals surface area contributed by atoms with Gasteiger partial charge in [-0.05, 0) is 73.9 Å². The zero-order valence-electron chi connectivity index (χ0n) is 25.5. The highest BCUT2D eigenvalue weighted by Crippen LogP contribution is 2.27. The third-order valence-electron chi connectivity index (χ3n) is 7.57. The van der Waals surface area contributed by atoms with E-state index in [1.54, 1.807) is 54.6 Å². The van der Waals surface area contributed by atoms with Crippen molar-refractivity contribution in [2.45, 2.75) is 57.1 Å². The number of halogens is 2. The lowest BCUT2D eigenvalue weighted by molar-refractivity contribution is -0.140. The van der Waals surface area contributed by atoms with Crippen LogP contribution < -0.4 is 9.62 Å². The van der Waals surface area contributed by atoms with Crippen molar-refractivity contribution in [2.24, 2.45) is 0 Å². The van der Waals surface area contributed by atoms with Crippen LogP contribution in [0.15, 0.2) is 112 Å². The molecule has 0 bridgehead atoms. The predicted molar refractivity (Wildman–Crippen MR) is 184 cm³/mol. The van der Waals surface area contributed by atoms with E-state index in [1.165, 1.54) is 17.0 Å². The first-order valence-electron chi connectivity index (χ1n) is 14.7. The molecule has 7 nitrogen and oxygen atoms in total. The van der Waals surface area contributed by atoms with Crippen LogP contribution in [0.5, 0.6) is 0 Å². The fraction of sp³-hybridized carbons (Fsp3) is 0.257. The lowest BCUT2D eigenvalue weighted by atomic mass is 10.0. The maximum absolute atomic E-state index is 14.5. The second-order valence-electron chi connectivity index (χ2n) is 10.9. The van der Waals surface area contributed by atoms with Crippen LogP contribution in [-0.2, 0) is 32.6 Å². The van der Waals surface area contributed by atoms with Crippen LogP contribution in [0.2, 0.25) is 5.02 Å². The van der Waals surface area contributed by atoms with E-state index < -0.39 is 28.5 Å². The number of nitrogens with zero attached hydrogens (tertiary/aromatic N) is 2. The highest BCUT2D eigenvalue weighted by atomic mass is 79.9. The summed E-state index contributed by atoms with van der Waals surface area (Å²) in [5, 5.41) is 3.47. The zero-order chi connectivity index (χ0) is 32.6. The fourth-order valence-corrected chi connectivity index (χ4v) is 6.65. The van der Waals surface area contributed by atoms with Crippen molar-refractivity contribution in [1.82, 2.24) is 10.2 Å². The third kappa shape index (κ3) is 8.96. The molecule has 0 heterocycles. The van der Waals surface area contributed by atoms with Crippen LogP contribution >= 0.6 is 27.5 Å². The summed E-state index contributed by atoms with van der Waals surface area (Å²) in [5.74, 6) is -0.876. The van der Waals surface area contributed by atoms with Crippen molar-refractivity contribution in [3.05, 3.63) is 129 Å². The van der Waals surface area contributed by atoms with Crippen molar-refractivity contribution < 1.29 is 18.0 Å². The standard InChI is InChI=1S/C35H37BrClN3O4S/c1-4-26(3)38-35(42)33(22-27-10-6-5-7-11-27)39(23-28-12-8-9-13-32(28)37)34(41)24-40(30-18-16-29(36)17-19-30)45(43,44)31-20-14-25(2)15-21-31/h5-21,26,33H,4,22-24H2,1-3H3,(H,38,42). The lowest BCUT2D eigenvalue weighted by Gasteiger charge is -2.34. The summed E-state index contributed by atoms with van der Waals surface area (Å²) < 4.78 is 30.1. The Bertz CT molecular complexity index is 1700. The van der Waals surface area contributed by atoms with Gasteiger partial charge >= 0.3 is 0 Å². The first kappa shape index (κ1) is 34.2. The average Bonchev–Trinajstić information content (AvgIpc) is 3.03. The summed E-state index contributed by atoms with van der Waals surface area (Å²) in [5.41, 5.74) is 2.71. The monoisotopic (exact) mass is 709 g/mol. The first-order valence-corrected chi connectivity index (χ1v) is 17.3. The van der Waals surface area contributed by atoms with E-state index >= 15 is 0 Å². The van der Waals surface area contributed by atoms with Crippen molar-refractivity contribution in [1.29, 1.82) is 0 Å². The Labute approximate surface area is 279 Å². The minimum absolute atomic E-state index is 0.00267. The molecule has 0 aliphatic carbocycles. The van der Waals surface area contributed by atoms with Gasteiger partial charge in [-0.1, -0.05) is 101 Å². The highest BCUT2D eigenvalue weighted by Gasteiger charge is 2.35. The number of benzene rings is 4. The number of sulfonamides is 1. The topological polar surface area (TPSA) is 86.8 Å². The Balaban J connectivity index is 1.81. The molecule has 2 amide bonds. The van der Waals surface area contributed by atoms with Crippen LogP contribution in [0, 0.1) is 6.92 Å². The molecular formula is C35H37BrClN3O4S. The largest absolute Gasteiger partial charge is 0.352 e. The Kier molecular flexibility index (Phi) is 11.8. The molecule has 0 aromatic heterocycles. The smallest absolute Gasteiger partial charge is 0.264 e. The Morgan fingerprint density at radius 3 is 2.13 bits per heavy atom. The van der Waals surface area contributed by atoms with E-state index in [0.717, 1.165) is 19.9 Å². The van der Waals surface area contributed by atoms with Crippen molar-refractivity contribution in [2.75, 3.05) is 10.8 Å². The van der Waals surface area contributed by atoms with E-state index in [2.05, 4.69) is 21.2 Å². The van der Waals surface area contributed by atoms with E-state index in [-0.39, 0.29) is 29.8 Å². The van der Waals surface area contributed by atoms with Gasteiger partial charge in [0.1, 0.15) is 12.6 Å². The Morgan fingerprint density at radius 1 is 0.889 bits per heavy atom. The van der Waals surface area contributed by atoms with E-state index in [4.69, 9.17) is 11.6 Å². The second-order valence-corrected chi connectivity index (χ2v) is 14.1. The number of amides is 2. The number of nitrogens with one attached hydrogen (secondary N) is 1. The number of carbonyl (C=O) groups excluding carboxylic acids is 2. The molecule has 236 valence electrons. The second kappa shape index (κ2) is 15.6. The molecule has 0 saturated heterocycles. The number of hydrogen-bond acceptors (Lipinski definition) is 4. The summed E-state index contributed by atoms with van der Waals surface area (Å²) in [7, 11) is -4.18. The minimum Gasteiger partial charge on any atom is -0.352 e. The van der Waals surface area contributed by atoms with Crippen LogP contribution in [0.1, 0.15) is 37.0 Å². The van der Waals surface area contributed by atoms with E-state index in [1.807, 2.05) is 57.2 Å². The summed E-state index contributed by atoms with van der Waals surface area (Å²) in [6.07, 6.45) is 0.927. The number of carbonyl (C=O) groups is 2. The maximum atomic E-state index is 14.5. The summed E-state index contributed by atoms with van der Waals surface area (Å²) >= 11 is 9.96. The molecule has 10 heteroatoms. The molecule has 0 aliphatic rings. The van der Waals surface area contributed by atoms with Crippen LogP contribution in [0.4, 0.5) is 5.69 Å². The lowest BCUT2D eigenvalue weighted by Crippen LogP contribution is -2.54. The summed E-state index contributed by atoms with van der Waals surface area (Å²) in [6, 6.07) is 28.7. The van der Waals surface area contributed by atoms with E-state index in [0.29, 0.717) is 22.7 Å². The van der Waals surface area contributed by atoms with Gasteiger partial charge in [0.15, 0.2) is 0 Å². The molecule has 0 saturated carbocycles. The number of aryl methyl sites for hydroxylation is 1. The molecule has 0 spiro atoms. The molecule has 2 atom stereocenters. The average molecular weight is 711 g/mol. The van der Waals surface area contributed by atoms with Gasteiger partial charge in [-0.25, -0.2) is 8.42 Å². The van der Waals surface area contributed by atoms with Crippen molar-refractivity contribution >= 4 is 55.1 Å². The normalized spacial score (nSPS) is 12.6. The molecule has 0 fully saturated rings. The van der Waals surface area contributed by atoms with E-state index in [9.17, 15) is 18.0 Å². The quantitative estimate of drug-likeness (QED) is 0.160. The van der Waals surface area contributed by atoms with Gasteiger partial charge in [0, 0.05) is 28.5 Å². The summed E-state index contributed by atoms with van der Waals surface area (Å²) in [4.78, 5) is 29.9. The molecule has 1 N–H and O–H groups in total. The minimum atomic E-state index is -4.18. The van der Waals surface area contributed by atoms with Gasteiger partial charge in [-0.3, -0.25) is 13.9 Å². The maximum Gasteiger partial charge on any atom is 0.264 e. The van der Waals surface area contributed by atoms with Gasteiger partial charge in [-0.15, -0.1) is 0 Å². The Hall–Kier alpha value is -3.66. The molecular weight excluding hydrogens is 674 g/mol. The molecule has 4 rings (SSSR count). The Morgan fingerprint density at radius 2 is 1.51 bits per heavy atom. The van der Waals surface area contributed by atoms with Crippen LogP contribution in [0.25, 0.3) is 0 Å². The fourth-order valence-electron chi connectivity index (χ4n) is 4.78. The van der Waals surface area contributed by atoms with Crippen LogP contribution in [0.3, 0.4) is 0 Å². The van der Waals surface area contributed by atoms with Gasteiger partial charge in [0.25, 0.3) is 10.0 Å². The molecule has 0 radical (unpaired) electrons. The van der Waals surface area contributed by atoms with Crippen LogP contribution in [-0.4, -0.2) is 43.8 Å². The number of rotatable bonds is 13. The molecule has 4 aromatic carbocycles. The predicted octanol–water partition coefficient (Wildman–Crippen LogP) is 7.16. The molecule has 2 unspecified atom stereocenters. The molecule has 0 aliphatic heterocycles.